The fraction of sp³-hybridized carbons (Fsp3) is 0.500. The minimum Gasteiger partial charge on any atom is -0.493 e. The molecule has 0 bridgehead atoms. The number of hydrogen-bond donors (Lipinski definition) is 1. The summed E-state index contributed by atoms with van der Waals surface area (Å²) in [7, 11) is 4.91. The van der Waals surface area contributed by atoms with Gasteiger partial charge in [-0.05, 0) is 49.6 Å². The van der Waals surface area contributed by atoms with Gasteiger partial charge in [0.2, 0.25) is 5.75 Å². The first-order valence-corrected chi connectivity index (χ1v) is 10.4. The van der Waals surface area contributed by atoms with Crippen molar-refractivity contribution in [2.24, 2.45) is 5.92 Å². The predicted molar refractivity (Wildman–Crippen MR) is 119 cm³/mol. The van der Waals surface area contributed by atoms with E-state index in [4.69, 9.17) is 23.7 Å². The second-order valence-corrected chi connectivity index (χ2v) is 7.28. The molecule has 2 aromatic rings. The highest BCUT2D eigenvalue weighted by Gasteiger charge is 2.19. The van der Waals surface area contributed by atoms with Gasteiger partial charge in [0.25, 0.3) is 0 Å². The van der Waals surface area contributed by atoms with Crippen LogP contribution in [-0.2, 0) is 0 Å². The molecule has 0 radical (unpaired) electrons. The SMILES string of the molecule is COc1ccccc1OCCNCCCC(Oc1cccc(OC)c1OC)C(C)C. The number of rotatable bonds is 14. The Morgan fingerprint density at radius 1 is 0.767 bits per heavy atom. The lowest BCUT2D eigenvalue weighted by molar-refractivity contribution is 0.133. The van der Waals surface area contributed by atoms with Crippen LogP contribution in [0.5, 0.6) is 28.7 Å². The molecule has 6 heteroatoms. The Labute approximate surface area is 180 Å². The van der Waals surface area contributed by atoms with Gasteiger partial charge >= 0.3 is 0 Å². The minimum absolute atomic E-state index is 0.0950. The molecule has 6 nitrogen and oxygen atoms in total. The van der Waals surface area contributed by atoms with Crippen LogP contribution in [0.3, 0.4) is 0 Å². The van der Waals surface area contributed by atoms with Crippen molar-refractivity contribution >= 4 is 0 Å². The molecule has 1 unspecified atom stereocenters. The molecule has 0 aliphatic carbocycles. The number of ether oxygens (including phenoxy) is 5. The number of methoxy groups -OCH3 is 3. The molecule has 0 amide bonds. The summed E-state index contributed by atoms with van der Waals surface area (Å²) in [4.78, 5) is 0. The summed E-state index contributed by atoms with van der Waals surface area (Å²) in [5, 5.41) is 3.43. The first-order valence-electron chi connectivity index (χ1n) is 10.4. The lowest BCUT2D eigenvalue weighted by Gasteiger charge is -2.24. The van der Waals surface area contributed by atoms with Crippen molar-refractivity contribution in [2.75, 3.05) is 41.0 Å². The molecular formula is C24H35NO5. The molecule has 0 heterocycles. The lowest BCUT2D eigenvalue weighted by atomic mass is 10.0. The van der Waals surface area contributed by atoms with Crippen molar-refractivity contribution in [3.8, 4) is 28.7 Å². The lowest BCUT2D eigenvalue weighted by Crippen LogP contribution is -2.27. The Morgan fingerprint density at radius 2 is 1.43 bits per heavy atom. The highest BCUT2D eigenvalue weighted by Crippen LogP contribution is 2.38. The molecular weight excluding hydrogens is 382 g/mol. The van der Waals surface area contributed by atoms with E-state index in [1.807, 2.05) is 42.5 Å². The smallest absolute Gasteiger partial charge is 0.203 e. The third kappa shape index (κ3) is 7.02. The highest BCUT2D eigenvalue weighted by atomic mass is 16.5. The van der Waals surface area contributed by atoms with E-state index in [-0.39, 0.29) is 6.10 Å². The number of nitrogens with one attached hydrogen (secondary N) is 1. The van der Waals surface area contributed by atoms with E-state index < -0.39 is 0 Å². The first kappa shape index (κ1) is 23.7. The van der Waals surface area contributed by atoms with Crippen molar-refractivity contribution in [3.63, 3.8) is 0 Å². The van der Waals surface area contributed by atoms with E-state index in [1.54, 1.807) is 21.3 Å². The third-order valence-electron chi connectivity index (χ3n) is 4.84. The van der Waals surface area contributed by atoms with Gasteiger partial charge in [-0.1, -0.05) is 32.0 Å². The molecule has 30 heavy (non-hydrogen) atoms. The van der Waals surface area contributed by atoms with Crippen LogP contribution in [0.15, 0.2) is 42.5 Å². The summed E-state index contributed by atoms with van der Waals surface area (Å²) < 4.78 is 28.2. The van der Waals surface area contributed by atoms with Gasteiger partial charge in [-0.3, -0.25) is 0 Å². The molecule has 166 valence electrons. The van der Waals surface area contributed by atoms with Crippen molar-refractivity contribution in [3.05, 3.63) is 42.5 Å². The average molecular weight is 418 g/mol. The average Bonchev–Trinajstić information content (AvgIpc) is 2.77. The monoisotopic (exact) mass is 417 g/mol. The summed E-state index contributed by atoms with van der Waals surface area (Å²) in [6.45, 7) is 6.61. The van der Waals surface area contributed by atoms with Crippen molar-refractivity contribution in [1.82, 2.24) is 5.32 Å². The Hall–Kier alpha value is -2.60. The van der Waals surface area contributed by atoms with Gasteiger partial charge in [-0.25, -0.2) is 0 Å². The van der Waals surface area contributed by atoms with E-state index in [0.717, 1.165) is 37.4 Å². The van der Waals surface area contributed by atoms with Crippen molar-refractivity contribution < 1.29 is 23.7 Å². The Balaban J connectivity index is 1.74. The van der Waals surface area contributed by atoms with Crippen LogP contribution >= 0.6 is 0 Å². The summed E-state index contributed by atoms with van der Waals surface area (Å²) in [6, 6.07) is 13.4. The largest absolute Gasteiger partial charge is 0.493 e. The predicted octanol–water partition coefficient (Wildman–Crippen LogP) is 4.56. The van der Waals surface area contributed by atoms with Crippen LogP contribution < -0.4 is 29.0 Å². The zero-order valence-electron chi connectivity index (χ0n) is 18.8. The van der Waals surface area contributed by atoms with Gasteiger partial charge in [0.05, 0.1) is 21.3 Å². The Morgan fingerprint density at radius 3 is 2.10 bits per heavy atom. The van der Waals surface area contributed by atoms with E-state index in [0.29, 0.717) is 29.8 Å². The van der Waals surface area contributed by atoms with E-state index in [2.05, 4.69) is 19.2 Å². The number of hydrogen-bond acceptors (Lipinski definition) is 6. The zero-order valence-corrected chi connectivity index (χ0v) is 18.8. The fourth-order valence-corrected chi connectivity index (χ4v) is 3.17. The molecule has 0 spiro atoms. The van der Waals surface area contributed by atoms with Gasteiger partial charge in [-0.15, -0.1) is 0 Å². The van der Waals surface area contributed by atoms with Crippen LogP contribution in [0.1, 0.15) is 26.7 Å². The van der Waals surface area contributed by atoms with Gasteiger partial charge in [0.15, 0.2) is 23.0 Å². The summed E-state index contributed by atoms with van der Waals surface area (Å²) in [6.07, 6.45) is 2.04. The topological polar surface area (TPSA) is 58.2 Å². The number of benzene rings is 2. The van der Waals surface area contributed by atoms with Crippen LogP contribution in [-0.4, -0.2) is 47.1 Å². The molecule has 0 fully saturated rings. The summed E-state index contributed by atoms with van der Waals surface area (Å²) in [5.41, 5.74) is 0. The minimum atomic E-state index is 0.0950. The molecule has 0 aromatic heterocycles. The second kappa shape index (κ2) is 12.9. The van der Waals surface area contributed by atoms with E-state index in [1.165, 1.54) is 0 Å². The number of para-hydroxylation sites is 3. The van der Waals surface area contributed by atoms with Crippen molar-refractivity contribution in [1.29, 1.82) is 0 Å². The van der Waals surface area contributed by atoms with Gasteiger partial charge in [-0.2, -0.15) is 0 Å². The van der Waals surface area contributed by atoms with Crippen LogP contribution in [0, 0.1) is 5.92 Å². The summed E-state index contributed by atoms with van der Waals surface area (Å²) >= 11 is 0. The zero-order chi connectivity index (χ0) is 21.8. The van der Waals surface area contributed by atoms with Crippen molar-refractivity contribution in [2.45, 2.75) is 32.8 Å². The molecule has 0 aliphatic rings. The maximum absolute atomic E-state index is 6.28. The van der Waals surface area contributed by atoms with Gasteiger partial charge in [0.1, 0.15) is 12.7 Å². The Kier molecular flexibility index (Phi) is 10.1. The fourth-order valence-electron chi connectivity index (χ4n) is 3.17. The van der Waals surface area contributed by atoms with E-state index in [9.17, 15) is 0 Å². The maximum atomic E-state index is 6.28. The molecule has 0 saturated heterocycles. The molecule has 2 rings (SSSR count). The molecule has 0 saturated carbocycles. The third-order valence-corrected chi connectivity index (χ3v) is 4.84. The maximum Gasteiger partial charge on any atom is 0.203 e. The van der Waals surface area contributed by atoms with Gasteiger partial charge in [0, 0.05) is 6.54 Å². The standard InChI is InChI=1S/C24H35NO5/c1-18(2)19(30-23-13-8-12-22(27-4)24(23)28-5)14-9-15-25-16-17-29-21-11-7-6-10-20(21)26-3/h6-8,10-13,18-19,25H,9,14-17H2,1-5H3. The molecule has 2 aromatic carbocycles. The van der Waals surface area contributed by atoms with Crippen LogP contribution in [0.2, 0.25) is 0 Å². The first-order chi connectivity index (χ1) is 14.6. The highest BCUT2D eigenvalue weighted by molar-refractivity contribution is 5.51. The van der Waals surface area contributed by atoms with Crippen LogP contribution in [0.4, 0.5) is 0 Å². The van der Waals surface area contributed by atoms with Gasteiger partial charge < -0.3 is 29.0 Å². The van der Waals surface area contributed by atoms with Crippen LogP contribution in [0.25, 0.3) is 0 Å². The quantitative estimate of drug-likeness (QED) is 0.455. The summed E-state index contributed by atoms with van der Waals surface area (Å²) in [5.74, 6) is 3.93. The second-order valence-electron chi connectivity index (χ2n) is 7.28. The van der Waals surface area contributed by atoms with E-state index >= 15 is 0 Å². The Bertz CT molecular complexity index is 750. The molecule has 1 atom stereocenters. The normalized spacial score (nSPS) is 11.8. The molecule has 1 N–H and O–H groups in total. The molecule has 0 aliphatic heterocycles.